The molecule has 3 aromatic rings. The largest absolute Gasteiger partial charge is 0.481 e. The number of methoxy groups -OCH3 is 2. The number of benzene rings is 1. The Morgan fingerprint density at radius 3 is 2.25 bits per heavy atom. The Kier molecular flexibility index (Phi) is 6.95. The molecule has 168 valence electrons. The van der Waals surface area contributed by atoms with Crippen LogP contribution in [0.25, 0.3) is 0 Å². The summed E-state index contributed by atoms with van der Waals surface area (Å²) in [5, 5.41) is 1.82. The molecule has 0 saturated heterocycles. The van der Waals surface area contributed by atoms with Gasteiger partial charge in [0.1, 0.15) is 5.69 Å². The topological polar surface area (TPSA) is 103 Å². The smallest absolute Gasteiger partial charge is 0.248 e. The van der Waals surface area contributed by atoms with Gasteiger partial charge in [0.2, 0.25) is 33.5 Å². The van der Waals surface area contributed by atoms with E-state index in [9.17, 15) is 18.0 Å². The molecule has 0 radical (unpaired) electrons. The molecule has 2 aromatic heterocycles. The van der Waals surface area contributed by atoms with E-state index in [1.807, 2.05) is 5.38 Å². The molecule has 8 nitrogen and oxygen atoms in total. The van der Waals surface area contributed by atoms with Crippen LogP contribution in [0, 0.1) is 0 Å². The number of anilines is 1. The maximum atomic E-state index is 13.3. The maximum absolute atomic E-state index is 13.3. The highest BCUT2D eigenvalue weighted by Gasteiger charge is 2.33. The molecule has 1 amide bonds. The molecule has 1 unspecified atom stereocenters. The first kappa shape index (κ1) is 23.4. The van der Waals surface area contributed by atoms with Gasteiger partial charge in [0.05, 0.1) is 31.3 Å². The van der Waals surface area contributed by atoms with E-state index in [4.69, 9.17) is 9.47 Å². The molecule has 0 spiro atoms. The quantitative estimate of drug-likeness (QED) is 0.461. The van der Waals surface area contributed by atoms with Gasteiger partial charge in [-0.15, -0.1) is 11.3 Å². The predicted octanol–water partition coefficient (Wildman–Crippen LogP) is 3.49. The maximum Gasteiger partial charge on any atom is 0.248 e. The van der Waals surface area contributed by atoms with Crippen LogP contribution in [0.2, 0.25) is 0 Å². The molecule has 0 N–H and O–H groups in total. The monoisotopic (exact) mass is 474 g/mol. The van der Waals surface area contributed by atoms with E-state index in [-0.39, 0.29) is 23.2 Å². The molecule has 0 fully saturated rings. The van der Waals surface area contributed by atoms with Crippen LogP contribution in [0.1, 0.15) is 33.6 Å². The van der Waals surface area contributed by atoms with E-state index in [1.165, 1.54) is 37.7 Å². The summed E-state index contributed by atoms with van der Waals surface area (Å²) in [5.41, 5.74) is 1.03. The zero-order valence-corrected chi connectivity index (χ0v) is 19.6. The van der Waals surface area contributed by atoms with Gasteiger partial charge >= 0.3 is 0 Å². The molecule has 10 heteroatoms. The van der Waals surface area contributed by atoms with E-state index in [0.717, 1.165) is 6.26 Å². The summed E-state index contributed by atoms with van der Waals surface area (Å²) < 4.78 is 36.0. The number of ketones is 1. The first-order valence-corrected chi connectivity index (χ1v) is 12.2. The van der Waals surface area contributed by atoms with Gasteiger partial charge in [-0.1, -0.05) is 30.3 Å². The van der Waals surface area contributed by atoms with Gasteiger partial charge in [-0.05, 0) is 30.0 Å². The lowest BCUT2D eigenvalue weighted by Crippen LogP contribution is -2.39. The van der Waals surface area contributed by atoms with Gasteiger partial charge in [-0.25, -0.2) is 12.7 Å². The number of carbonyl (C=O) groups excluding carboxylic acids is 2. The van der Waals surface area contributed by atoms with Crippen molar-refractivity contribution in [2.75, 3.05) is 24.8 Å². The number of pyridine rings is 1. The van der Waals surface area contributed by atoms with E-state index < -0.39 is 21.8 Å². The second-order valence-corrected chi connectivity index (χ2v) is 9.68. The minimum absolute atomic E-state index is 0.0165. The molecule has 0 aliphatic rings. The normalized spacial score (nSPS) is 12.1. The van der Waals surface area contributed by atoms with Gasteiger partial charge in [-0.2, -0.15) is 4.98 Å². The number of carbonyl (C=O) groups is 2. The summed E-state index contributed by atoms with van der Waals surface area (Å²) >= 11 is 1.35. The average molecular weight is 475 g/mol. The number of nitrogens with zero attached hydrogens (tertiary/aromatic N) is 2. The number of hydrogen-bond acceptors (Lipinski definition) is 8. The molecule has 0 aliphatic carbocycles. The number of hydrogen-bond donors (Lipinski definition) is 0. The average Bonchev–Trinajstić information content (AvgIpc) is 3.32. The van der Waals surface area contributed by atoms with Crippen molar-refractivity contribution in [1.82, 2.24) is 4.98 Å². The zero-order valence-electron chi connectivity index (χ0n) is 17.9. The molecular formula is C22H22N2O6S2. The van der Waals surface area contributed by atoms with Crippen LogP contribution in [0.3, 0.4) is 0 Å². The van der Waals surface area contributed by atoms with Crippen molar-refractivity contribution in [2.24, 2.45) is 0 Å². The van der Waals surface area contributed by atoms with Gasteiger partial charge in [0.25, 0.3) is 0 Å². The van der Waals surface area contributed by atoms with Crippen LogP contribution >= 0.6 is 11.3 Å². The van der Waals surface area contributed by atoms with Crippen LogP contribution in [0.5, 0.6) is 11.8 Å². The third kappa shape index (κ3) is 4.81. The highest BCUT2D eigenvalue weighted by molar-refractivity contribution is 7.92. The Bertz CT molecular complexity index is 1220. The van der Waals surface area contributed by atoms with E-state index >= 15 is 0 Å². The van der Waals surface area contributed by atoms with Gasteiger partial charge < -0.3 is 9.47 Å². The van der Waals surface area contributed by atoms with Crippen LogP contribution in [-0.2, 0) is 14.8 Å². The van der Waals surface area contributed by atoms with Crippen molar-refractivity contribution in [3.63, 3.8) is 0 Å². The molecule has 0 bridgehead atoms. The third-order valence-electron chi connectivity index (χ3n) is 4.76. The first-order chi connectivity index (χ1) is 15.2. The number of ether oxygens (including phenoxy) is 2. The Balaban J connectivity index is 1.93. The molecule has 1 aromatic carbocycles. The molecule has 3 rings (SSSR count). The lowest BCUT2D eigenvalue weighted by molar-refractivity contribution is -0.118. The standard InChI is InChI=1S/C22H22N2O6S2/c1-14(15-7-9-16(10-8-15)20(25)18-6-5-13-31-18)22(26)24(32(4,27)28)17-11-12-19(29-2)23-21(17)30-3/h5-14H,1-4H3. The van der Waals surface area contributed by atoms with Crippen molar-refractivity contribution in [2.45, 2.75) is 12.8 Å². The van der Waals surface area contributed by atoms with E-state index in [1.54, 1.807) is 43.3 Å². The van der Waals surface area contributed by atoms with Crippen molar-refractivity contribution in [3.05, 3.63) is 69.9 Å². The molecule has 0 aliphatic heterocycles. The summed E-state index contributed by atoms with van der Waals surface area (Å²) in [7, 11) is -1.27. The summed E-state index contributed by atoms with van der Waals surface area (Å²) in [6.45, 7) is 1.60. The Morgan fingerprint density at radius 2 is 1.72 bits per heavy atom. The van der Waals surface area contributed by atoms with Crippen molar-refractivity contribution in [1.29, 1.82) is 0 Å². The Labute approximate surface area is 190 Å². The van der Waals surface area contributed by atoms with Crippen LogP contribution in [0.15, 0.2) is 53.9 Å². The van der Waals surface area contributed by atoms with Gasteiger partial charge in [-0.3, -0.25) is 9.59 Å². The number of amides is 1. The SMILES string of the molecule is COc1ccc(N(C(=O)C(C)c2ccc(C(=O)c3cccs3)cc2)S(C)(=O)=O)c(OC)n1. The summed E-state index contributed by atoms with van der Waals surface area (Å²) in [4.78, 5) is 30.5. The van der Waals surface area contributed by atoms with E-state index in [2.05, 4.69) is 4.98 Å². The third-order valence-corrected chi connectivity index (χ3v) is 6.66. The molecule has 1 atom stereocenters. The second-order valence-electron chi connectivity index (χ2n) is 6.90. The second kappa shape index (κ2) is 9.49. The van der Waals surface area contributed by atoms with Crippen LogP contribution < -0.4 is 13.8 Å². The zero-order chi connectivity index (χ0) is 23.5. The van der Waals surface area contributed by atoms with Gasteiger partial charge in [0, 0.05) is 11.6 Å². The fourth-order valence-electron chi connectivity index (χ4n) is 3.09. The fourth-order valence-corrected chi connectivity index (χ4v) is 4.75. The molecular weight excluding hydrogens is 452 g/mol. The molecule has 32 heavy (non-hydrogen) atoms. The van der Waals surface area contributed by atoms with Crippen molar-refractivity contribution < 1.29 is 27.5 Å². The van der Waals surface area contributed by atoms with Crippen molar-refractivity contribution >= 4 is 38.7 Å². The summed E-state index contributed by atoms with van der Waals surface area (Å²) in [6, 6.07) is 12.9. The number of thiophene rings is 1. The van der Waals surface area contributed by atoms with Crippen LogP contribution in [-0.4, -0.2) is 45.6 Å². The number of rotatable bonds is 8. The minimum Gasteiger partial charge on any atom is -0.481 e. The lowest BCUT2D eigenvalue weighted by atomic mass is 9.97. The lowest BCUT2D eigenvalue weighted by Gasteiger charge is -2.25. The highest BCUT2D eigenvalue weighted by atomic mass is 32.2. The highest BCUT2D eigenvalue weighted by Crippen LogP contribution is 2.33. The van der Waals surface area contributed by atoms with E-state index in [0.29, 0.717) is 20.3 Å². The minimum atomic E-state index is -4.00. The summed E-state index contributed by atoms with van der Waals surface area (Å²) in [6.07, 6.45) is 0.935. The first-order valence-electron chi connectivity index (χ1n) is 9.48. The number of aromatic nitrogens is 1. The fraction of sp³-hybridized carbons (Fsp3) is 0.227. The summed E-state index contributed by atoms with van der Waals surface area (Å²) in [5.74, 6) is -1.47. The molecule has 0 saturated carbocycles. The number of sulfonamides is 1. The molecule has 2 heterocycles. The Morgan fingerprint density at radius 1 is 1.03 bits per heavy atom. The Hall–Kier alpha value is -3.24. The van der Waals surface area contributed by atoms with Crippen molar-refractivity contribution in [3.8, 4) is 11.8 Å². The predicted molar refractivity (Wildman–Crippen MR) is 122 cm³/mol. The van der Waals surface area contributed by atoms with Gasteiger partial charge in [0.15, 0.2) is 0 Å². The van der Waals surface area contributed by atoms with Crippen LogP contribution in [0.4, 0.5) is 5.69 Å².